The number of nitrogens with zero attached hydrogens (tertiary/aromatic N) is 6. The number of aromatic nitrogens is 2. The maximum Gasteiger partial charge on any atom is 0.293 e. The number of H-pyrrole nitrogens is 1. The molecule has 3 aromatic carbocycles. The Morgan fingerprint density at radius 2 is 1.64 bits per heavy atom. The molecule has 6 fully saturated rings. The van der Waals surface area contributed by atoms with Crippen LogP contribution < -0.4 is 24.6 Å². The van der Waals surface area contributed by atoms with Crippen molar-refractivity contribution in [1.82, 2.24) is 24.5 Å². The van der Waals surface area contributed by atoms with Crippen molar-refractivity contribution in [2.24, 2.45) is 11.3 Å². The number of morpholine rings is 1. The number of nitro benzene ring substituents is 1. The largest absolute Gasteiger partial charge is 0.468 e. The average Bonchev–Trinajstić information content (AvgIpc) is 4.21. The molecule has 0 bridgehead atoms. The number of likely N-dealkylation sites (tertiary alicyclic amines) is 1. The van der Waals surface area contributed by atoms with Gasteiger partial charge in [0.2, 0.25) is 5.88 Å². The van der Waals surface area contributed by atoms with Gasteiger partial charge in [-0.2, -0.15) is 4.98 Å². The van der Waals surface area contributed by atoms with E-state index in [1.807, 2.05) is 46.2 Å². The Morgan fingerprint density at radius 3 is 2.45 bits per heavy atom. The van der Waals surface area contributed by atoms with Crippen LogP contribution in [0.2, 0.25) is 0 Å². The van der Waals surface area contributed by atoms with E-state index in [9.17, 15) is 28.1 Å². The summed E-state index contributed by atoms with van der Waals surface area (Å²) in [5.41, 5.74) is 4.62. The Hall–Kier alpha value is -6.32. The molecule has 5 saturated heterocycles. The molecule has 5 aromatic rings. The van der Waals surface area contributed by atoms with Crippen molar-refractivity contribution in [2.75, 3.05) is 94.0 Å². The topological polar surface area (TPSA) is 214 Å². The number of hydrogen-bond acceptors (Lipinski definition) is 15. The zero-order valence-corrected chi connectivity index (χ0v) is 41.5. The van der Waals surface area contributed by atoms with Gasteiger partial charge in [-0.25, -0.2) is 13.1 Å². The van der Waals surface area contributed by atoms with E-state index in [-0.39, 0.29) is 40.6 Å². The third-order valence-electron chi connectivity index (χ3n) is 16.6. The quantitative estimate of drug-likeness (QED) is 0.0868. The number of hydrogen-bond donors (Lipinski definition) is 3. The van der Waals surface area contributed by atoms with Gasteiger partial charge < -0.3 is 43.9 Å². The lowest BCUT2D eigenvalue weighted by atomic mass is 9.59. The Balaban J connectivity index is 0.797. The van der Waals surface area contributed by atoms with E-state index in [1.54, 1.807) is 12.3 Å². The highest BCUT2D eigenvalue weighted by atomic mass is 32.2. The number of benzene rings is 3. The zero-order valence-electron chi connectivity index (χ0n) is 40.7. The standard InChI is InChI=1S/C53H61N9O10S/c63-50(57-73(67,68)38-8-10-42(45(28-38)62(65)66)55-31-34-12-22-69-23-13-34)41-9-7-36(27-44(41)61-46-26-35-11-16-54-49(35)56-51(46)72-48-33-71-32-47(48)61)58-18-14-53(15-19-58)29-37(30-53)60-17-3-6-43(60)39-4-1-2-5-40(39)52(64)59-20-24-70-25-21-59/h1-2,4-5,7-11,16,26-28,34,37,43,47-48,55H,3,6,12-15,17-25,29-33H2,(H,54,56)(H,57,63)/t43-,47+,48+/m0/s1. The Morgan fingerprint density at radius 1 is 0.849 bits per heavy atom. The number of rotatable bonds is 12. The maximum atomic E-state index is 14.6. The summed E-state index contributed by atoms with van der Waals surface area (Å²) in [4.78, 5) is 56.6. The van der Waals surface area contributed by atoms with Crippen LogP contribution in [-0.2, 0) is 24.2 Å². The van der Waals surface area contributed by atoms with Gasteiger partial charge in [-0.15, -0.1) is 0 Å². The Labute approximate surface area is 423 Å². The first-order chi connectivity index (χ1) is 35.5. The third kappa shape index (κ3) is 9.14. The van der Waals surface area contributed by atoms with Crippen molar-refractivity contribution in [3.63, 3.8) is 0 Å². The Kier molecular flexibility index (Phi) is 12.7. The van der Waals surface area contributed by atoms with E-state index in [0.717, 1.165) is 99.3 Å². The van der Waals surface area contributed by atoms with Crippen LogP contribution in [-0.4, -0.2) is 142 Å². The highest BCUT2D eigenvalue weighted by Gasteiger charge is 2.50. The number of nitrogens with one attached hydrogen (secondary N) is 3. The fourth-order valence-electron chi connectivity index (χ4n) is 12.5. The predicted octanol–water partition coefficient (Wildman–Crippen LogP) is 6.78. The molecule has 0 unspecified atom stereocenters. The third-order valence-corrected chi connectivity index (χ3v) is 17.9. The molecule has 2 aromatic heterocycles. The molecule has 384 valence electrons. The molecule has 2 amide bonds. The van der Waals surface area contributed by atoms with Gasteiger partial charge in [-0.1, -0.05) is 18.2 Å². The van der Waals surface area contributed by atoms with Crippen molar-refractivity contribution >= 4 is 61.3 Å². The Bertz CT molecular complexity index is 3030. The van der Waals surface area contributed by atoms with Gasteiger partial charge in [-0.3, -0.25) is 24.6 Å². The van der Waals surface area contributed by atoms with Crippen LogP contribution in [0.15, 0.2) is 83.9 Å². The van der Waals surface area contributed by atoms with Crippen LogP contribution in [0.1, 0.15) is 83.7 Å². The molecule has 1 aliphatic carbocycles. The van der Waals surface area contributed by atoms with E-state index in [4.69, 9.17) is 23.9 Å². The molecule has 0 radical (unpaired) electrons. The second-order valence-corrected chi connectivity index (χ2v) is 22.5. The van der Waals surface area contributed by atoms with Crippen molar-refractivity contribution in [3.05, 3.63) is 106 Å². The number of anilines is 4. The summed E-state index contributed by atoms with van der Waals surface area (Å²) in [5.74, 6) is -0.178. The fraction of sp³-hybridized carbons (Fsp3) is 0.491. The lowest BCUT2D eigenvalue weighted by molar-refractivity contribution is -0.384. The van der Waals surface area contributed by atoms with E-state index in [1.165, 1.54) is 12.1 Å². The van der Waals surface area contributed by atoms with Crippen LogP contribution in [0.5, 0.6) is 5.88 Å². The summed E-state index contributed by atoms with van der Waals surface area (Å²) in [6.45, 7) is 7.28. The van der Waals surface area contributed by atoms with Crippen LogP contribution in [0.4, 0.5) is 28.4 Å². The SMILES string of the molecule is O=C(NS(=O)(=O)c1ccc(NCC2CCOCC2)c([N+](=O)[O-])c1)c1ccc(N2CCC3(CC2)CC(N2CCC[C@H]2c2ccccc2C(=O)N2CCOCC2)C3)cc1N1c2cc3cc[nH]c3nc2O[C@@H]2COC[C@H]21. The summed E-state index contributed by atoms with van der Waals surface area (Å²) in [5, 5.41) is 16.3. The number of pyridine rings is 1. The smallest absolute Gasteiger partial charge is 0.293 e. The molecule has 3 atom stereocenters. The number of piperidine rings is 1. The summed E-state index contributed by atoms with van der Waals surface area (Å²) >= 11 is 0. The molecule has 73 heavy (non-hydrogen) atoms. The van der Waals surface area contributed by atoms with Gasteiger partial charge in [0.25, 0.3) is 27.5 Å². The maximum absolute atomic E-state index is 14.6. The number of amides is 2. The molecule has 7 aliphatic rings. The van der Waals surface area contributed by atoms with E-state index < -0.39 is 37.5 Å². The van der Waals surface area contributed by atoms with E-state index in [0.29, 0.717) is 88.2 Å². The predicted molar refractivity (Wildman–Crippen MR) is 272 cm³/mol. The zero-order chi connectivity index (χ0) is 49.8. The van der Waals surface area contributed by atoms with Crippen molar-refractivity contribution < 1.29 is 41.9 Å². The average molecular weight is 1020 g/mol. The number of aromatic amines is 1. The molecule has 1 saturated carbocycles. The molecule has 8 heterocycles. The van der Waals surface area contributed by atoms with E-state index >= 15 is 0 Å². The number of nitro groups is 1. The van der Waals surface area contributed by atoms with Gasteiger partial charge in [0.1, 0.15) is 23.1 Å². The lowest BCUT2D eigenvalue weighted by Gasteiger charge is -2.56. The minimum absolute atomic E-state index is 0.0907. The summed E-state index contributed by atoms with van der Waals surface area (Å²) in [6, 6.07) is 21.5. The van der Waals surface area contributed by atoms with Crippen molar-refractivity contribution in [3.8, 4) is 5.88 Å². The first-order valence-electron chi connectivity index (χ1n) is 25.8. The minimum Gasteiger partial charge on any atom is -0.468 e. The van der Waals surface area contributed by atoms with Gasteiger partial charge in [0.05, 0.1) is 53.5 Å². The molecular weight excluding hydrogens is 955 g/mol. The van der Waals surface area contributed by atoms with Crippen molar-refractivity contribution in [1.29, 1.82) is 0 Å². The molecule has 20 heteroatoms. The molecule has 1 spiro atoms. The monoisotopic (exact) mass is 1020 g/mol. The fourth-order valence-corrected chi connectivity index (χ4v) is 13.5. The van der Waals surface area contributed by atoms with Crippen LogP contribution in [0.25, 0.3) is 11.0 Å². The normalized spacial score (nSPS) is 23.5. The van der Waals surface area contributed by atoms with Gasteiger partial charge in [0, 0.05) is 86.9 Å². The summed E-state index contributed by atoms with van der Waals surface area (Å²) in [6.07, 6.45) is 9.33. The number of fused-ring (bicyclic) bond motifs is 3. The lowest BCUT2D eigenvalue weighted by Crippen LogP contribution is -2.55. The highest BCUT2D eigenvalue weighted by Crippen LogP contribution is 2.55. The minimum atomic E-state index is -4.61. The highest BCUT2D eigenvalue weighted by molar-refractivity contribution is 7.90. The number of carbonyl (C=O) groups is 2. The number of carbonyl (C=O) groups excluding carboxylic acids is 2. The van der Waals surface area contributed by atoms with E-state index in [2.05, 4.69) is 37.0 Å². The number of ether oxygens (including phenoxy) is 4. The second kappa shape index (κ2) is 19.5. The van der Waals surface area contributed by atoms with Crippen LogP contribution in [0, 0.1) is 21.4 Å². The molecular formula is C53H61N9O10S. The first-order valence-corrected chi connectivity index (χ1v) is 27.3. The van der Waals surface area contributed by atoms with Gasteiger partial charge in [-0.05, 0) is 123 Å². The van der Waals surface area contributed by atoms with Crippen LogP contribution in [0.3, 0.4) is 0 Å². The molecule has 12 rings (SSSR count). The second-order valence-electron chi connectivity index (χ2n) is 20.8. The first kappa shape index (κ1) is 47.7. The summed E-state index contributed by atoms with van der Waals surface area (Å²) < 4.78 is 53.9. The summed E-state index contributed by atoms with van der Waals surface area (Å²) in [7, 11) is -4.61. The van der Waals surface area contributed by atoms with Gasteiger partial charge >= 0.3 is 0 Å². The van der Waals surface area contributed by atoms with Crippen molar-refractivity contribution in [2.45, 2.75) is 80.5 Å². The molecule has 6 aliphatic heterocycles. The molecule has 19 nitrogen and oxygen atoms in total. The number of sulfonamides is 1. The van der Waals surface area contributed by atoms with Gasteiger partial charge in [0.15, 0.2) is 0 Å². The van der Waals surface area contributed by atoms with Crippen LogP contribution >= 0.6 is 0 Å². The molecule has 3 N–H and O–H groups in total.